The average Bonchev–Trinajstić information content (AvgIpc) is 2.85. The van der Waals surface area contributed by atoms with E-state index in [4.69, 9.17) is 12.2 Å². The molecule has 35 heavy (non-hydrogen) atoms. The molecule has 0 unspecified atom stereocenters. The molecule has 1 rings (SSSR count). The van der Waals surface area contributed by atoms with Gasteiger partial charge in [0, 0.05) is 24.2 Å². The molecule has 0 radical (unpaired) electrons. The standard InChI is InChI=1S/C30H52N2OS2/c1-4-5-6-7-8-9-10-11-12-13-14-15-16-17-18-20-29(33)32-28-25-27(22-21-26(28)2)30(34)31-23-19-24-35-3/h21-22,25H,4-20,23-24H2,1-3H3,(H,31,34)(H,32,33). The van der Waals surface area contributed by atoms with Crippen LogP contribution in [-0.2, 0) is 4.79 Å². The summed E-state index contributed by atoms with van der Waals surface area (Å²) in [5.41, 5.74) is 2.92. The van der Waals surface area contributed by atoms with Crippen molar-refractivity contribution in [2.24, 2.45) is 0 Å². The van der Waals surface area contributed by atoms with E-state index in [2.05, 4.69) is 23.8 Å². The summed E-state index contributed by atoms with van der Waals surface area (Å²) in [5, 5.41) is 6.42. The summed E-state index contributed by atoms with van der Waals surface area (Å²) >= 11 is 7.38. The molecule has 1 aromatic rings. The molecule has 1 aromatic carbocycles. The second kappa shape index (κ2) is 22.2. The highest BCUT2D eigenvalue weighted by Gasteiger charge is 2.08. The highest BCUT2D eigenvalue weighted by Crippen LogP contribution is 2.19. The van der Waals surface area contributed by atoms with Crippen molar-refractivity contribution < 1.29 is 4.79 Å². The van der Waals surface area contributed by atoms with Gasteiger partial charge < -0.3 is 10.6 Å². The van der Waals surface area contributed by atoms with Crippen molar-refractivity contribution in [2.45, 2.75) is 123 Å². The maximum Gasteiger partial charge on any atom is 0.224 e. The Hall–Kier alpha value is -1.07. The molecule has 0 aliphatic heterocycles. The van der Waals surface area contributed by atoms with Gasteiger partial charge in [-0.3, -0.25) is 4.79 Å². The Bertz CT molecular complexity index is 693. The Kier molecular flexibility index (Phi) is 20.2. The van der Waals surface area contributed by atoms with Gasteiger partial charge in [-0.05, 0) is 43.4 Å². The molecule has 200 valence electrons. The number of unbranched alkanes of at least 4 members (excludes halogenated alkanes) is 14. The van der Waals surface area contributed by atoms with Crippen LogP contribution in [0, 0.1) is 6.92 Å². The van der Waals surface area contributed by atoms with Crippen LogP contribution in [0.3, 0.4) is 0 Å². The fourth-order valence-electron chi connectivity index (χ4n) is 4.29. The number of aryl methyl sites for hydroxylation is 1. The Balaban J connectivity index is 2.09. The van der Waals surface area contributed by atoms with E-state index in [1.807, 2.05) is 36.9 Å². The molecular weight excluding hydrogens is 468 g/mol. The minimum absolute atomic E-state index is 0.110. The first-order valence-electron chi connectivity index (χ1n) is 14.3. The molecule has 5 heteroatoms. The summed E-state index contributed by atoms with van der Waals surface area (Å²) in [5.74, 6) is 1.24. The van der Waals surface area contributed by atoms with E-state index in [9.17, 15) is 4.79 Å². The third-order valence-corrected chi connectivity index (χ3v) is 7.67. The number of carbonyl (C=O) groups excluding carboxylic acids is 1. The Morgan fingerprint density at radius 3 is 1.91 bits per heavy atom. The molecule has 2 N–H and O–H groups in total. The fraction of sp³-hybridized carbons (Fsp3) is 0.733. The summed E-state index contributed by atoms with van der Waals surface area (Å²) < 4.78 is 0. The lowest BCUT2D eigenvalue weighted by Gasteiger charge is -2.13. The molecule has 0 aliphatic rings. The van der Waals surface area contributed by atoms with Gasteiger partial charge in [-0.1, -0.05) is 121 Å². The van der Waals surface area contributed by atoms with Crippen molar-refractivity contribution in [1.82, 2.24) is 5.32 Å². The Morgan fingerprint density at radius 1 is 0.829 bits per heavy atom. The van der Waals surface area contributed by atoms with Crippen molar-refractivity contribution in [3.63, 3.8) is 0 Å². The zero-order valence-corrected chi connectivity index (χ0v) is 24.5. The van der Waals surface area contributed by atoms with Crippen LogP contribution in [0.1, 0.15) is 127 Å². The zero-order chi connectivity index (χ0) is 25.6. The van der Waals surface area contributed by atoms with Gasteiger partial charge in [-0.2, -0.15) is 11.8 Å². The van der Waals surface area contributed by atoms with E-state index >= 15 is 0 Å². The fourth-order valence-corrected chi connectivity index (χ4v) is 4.95. The van der Waals surface area contributed by atoms with Crippen LogP contribution >= 0.6 is 24.0 Å². The van der Waals surface area contributed by atoms with Crippen LogP contribution in [0.4, 0.5) is 5.69 Å². The first-order chi connectivity index (χ1) is 17.1. The summed E-state index contributed by atoms with van der Waals surface area (Å²) in [6, 6.07) is 6.07. The molecule has 0 spiro atoms. The van der Waals surface area contributed by atoms with Crippen molar-refractivity contribution in [2.75, 3.05) is 23.9 Å². The number of carbonyl (C=O) groups is 1. The summed E-state index contributed by atoms with van der Waals surface area (Å²) in [4.78, 5) is 13.2. The normalized spacial score (nSPS) is 10.9. The van der Waals surface area contributed by atoms with E-state index in [1.165, 1.54) is 83.5 Å². The molecule has 0 fully saturated rings. The predicted octanol–water partition coefficient (Wildman–Crippen LogP) is 9.21. The number of amides is 1. The van der Waals surface area contributed by atoms with Gasteiger partial charge in [0.1, 0.15) is 4.99 Å². The number of benzene rings is 1. The van der Waals surface area contributed by atoms with Crippen LogP contribution in [0.25, 0.3) is 0 Å². The van der Waals surface area contributed by atoms with Gasteiger partial charge in [0.25, 0.3) is 0 Å². The molecule has 1 amide bonds. The van der Waals surface area contributed by atoms with Gasteiger partial charge >= 0.3 is 0 Å². The highest BCUT2D eigenvalue weighted by atomic mass is 32.2. The molecule has 0 aromatic heterocycles. The van der Waals surface area contributed by atoms with Crippen LogP contribution in [-0.4, -0.2) is 29.4 Å². The molecule has 0 saturated carbocycles. The highest BCUT2D eigenvalue weighted by molar-refractivity contribution is 7.98. The zero-order valence-electron chi connectivity index (χ0n) is 22.9. The minimum Gasteiger partial charge on any atom is -0.376 e. The molecule has 0 heterocycles. The average molecular weight is 521 g/mol. The number of hydrogen-bond donors (Lipinski definition) is 2. The smallest absolute Gasteiger partial charge is 0.224 e. The summed E-state index contributed by atoms with van der Waals surface area (Å²) in [6.07, 6.45) is 23.9. The first kappa shape index (κ1) is 32.0. The molecule has 3 nitrogen and oxygen atoms in total. The predicted molar refractivity (Wildman–Crippen MR) is 162 cm³/mol. The first-order valence-corrected chi connectivity index (χ1v) is 16.1. The maximum atomic E-state index is 12.5. The van der Waals surface area contributed by atoms with E-state index in [0.717, 1.165) is 53.4 Å². The van der Waals surface area contributed by atoms with Crippen LogP contribution in [0.2, 0.25) is 0 Å². The molecular formula is C30H52N2OS2. The lowest BCUT2D eigenvalue weighted by Crippen LogP contribution is -2.24. The van der Waals surface area contributed by atoms with Gasteiger partial charge in [0.15, 0.2) is 0 Å². The van der Waals surface area contributed by atoms with Crippen LogP contribution in [0.5, 0.6) is 0 Å². The van der Waals surface area contributed by atoms with Crippen LogP contribution in [0.15, 0.2) is 18.2 Å². The van der Waals surface area contributed by atoms with E-state index in [-0.39, 0.29) is 5.91 Å². The second-order valence-corrected chi connectivity index (χ2v) is 11.3. The number of rotatable bonds is 22. The van der Waals surface area contributed by atoms with Gasteiger partial charge in [-0.25, -0.2) is 0 Å². The van der Waals surface area contributed by atoms with Crippen molar-refractivity contribution >= 4 is 40.6 Å². The maximum absolute atomic E-state index is 12.5. The summed E-state index contributed by atoms with van der Waals surface area (Å²) in [7, 11) is 0. The number of hydrogen-bond acceptors (Lipinski definition) is 3. The monoisotopic (exact) mass is 520 g/mol. The van der Waals surface area contributed by atoms with Crippen molar-refractivity contribution in [3.05, 3.63) is 29.3 Å². The second-order valence-electron chi connectivity index (χ2n) is 9.88. The molecule has 0 bridgehead atoms. The lowest BCUT2D eigenvalue weighted by atomic mass is 10.0. The minimum atomic E-state index is 0.110. The SMILES string of the molecule is CCCCCCCCCCCCCCCCCC(=O)Nc1cc(C(=S)NCCCSC)ccc1C. The van der Waals surface area contributed by atoms with Gasteiger partial charge in [0.2, 0.25) is 5.91 Å². The van der Waals surface area contributed by atoms with Crippen molar-refractivity contribution in [1.29, 1.82) is 0 Å². The van der Waals surface area contributed by atoms with E-state index < -0.39 is 0 Å². The quantitative estimate of drug-likeness (QED) is 0.118. The Morgan fingerprint density at radius 2 is 1.37 bits per heavy atom. The number of thiocarbonyl (C=S) groups is 1. The van der Waals surface area contributed by atoms with E-state index in [0.29, 0.717) is 6.42 Å². The third kappa shape index (κ3) is 17.1. The lowest BCUT2D eigenvalue weighted by molar-refractivity contribution is -0.116. The van der Waals surface area contributed by atoms with Crippen molar-refractivity contribution in [3.8, 4) is 0 Å². The number of anilines is 1. The third-order valence-electron chi connectivity index (χ3n) is 6.59. The molecule has 0 saturated heterocycles. The van der Waals surface area contributed by atoms with Gasteiger partial charge in [-0.15, -0.1) is 0 Å². The van der Waals surface area contributed by atoms with Gasteiger partial charge in [0.05, 0.1) is 0 Å². The number of nitrogens with one attached hydrogen (secondary N) is 2. The number of thioether (sulfide) groups is 1. The molecule has 0 atom stereocenters. The molecule has 0 aliphatic carbocycles. The van der Waals surface area contributed by atoms with E-state index in [1.54, 1.807) is 0 Å². The Labute approximate surface area is 226 Å². The largest absolute Gasteiger partial charge is 0.376 e. The topological polar surface area (TPSA) is 41.1 Å². The summed E-state index contributed by atoms with van der Waals surface area (Å²) in [6.45, 7) is 5.19. The van der Waals surface area contributed by atoms with Crippen LogP contribution < -0.4 is 10.6 Å².